The SMILES string of the molecule is CCCCn1cc(-c2cc(F)ccc2F)c2ccccc21. The van der Waals surface area contributed by atoms with Gasteiger partial charge in [-0.3, -0.25) is 0 Å². The summed E-state index contributed by atoms with van der Waals surface area (Å²) in [7, 11) is 0. The Balaban J connectivity index is 2.20. The summed E-state index contributed by atoms with van der Waals surface area (Å²) in [4.78, 5) is 0. The number of benzene rings is 2. The minimum absolute atomic E-state index is 0.321. The summed E-state index contributed by atoms with van der Waals surface area (Å²) in [5.74, 6) is -0.813. The van der Waals surface area contributed by atoms with Gasteiger partial charge in [-0.1, -0.05) is 31.5 Å². The summed E-state index contributed by atoms with van der Waals surface area (Å²) in [5.41, 5.74) is 2.13. The number of aryl methyl sites for hydroxylation is 1. The average molecular weight is 285 g/mol. The van der Waals surface area contributed by atoms with E-state index in [4.69, 9.17) is 0 Å². The third kappa shape index (κ3) is 2.56. The fourth-order valence-corrected chi connectivity index (χ4v) is 2.68. The molecule has 3 rings (SSSR count). The zero-order valence-electron chi connectivity index (χ0n) is 11.9. The highest BCUT2D eigenvalue weighted by Gasteiger charge is 2.13. The number of halogens is 2. The summed E-state index contributed by atoms with van der Waals surface area (Å²) in [6.45, 7) is 3.02. The third-order valence-corrected chi connectivity index (χ3v) is 3.76. The monoisotopic (exact) mass is 285 g/mol. The standard InChI is InChI=1S/C18H17F2N/c1-2-3-10-21-12-16(14-6-4-5-7-18(14)21)15-11-13(19)8-9-17(15)20/h4-9,11-12H,2-3,10H2,1H3. The van der Waals surface area contributed by atoms with Crippen LogP contribution in [-0.2, 0) is 6.54 Å². The van der Waals surface area contributed by atoms with Crippen LogP contribution in [0.4, 0.5) is 8.78 Å². The third-order valence-electron chi connectivity index (χ3n) is 3.76. The van der Waals surface area contributed by atoms with Gasteiger partial charge in [0.1, 0.15) is 11.6 Å². The first kappa shape index (κ1) is 13.8. The molecule has 0 fully saturated rings. The van der Waals surface area contributed by atoms with E-state index < -0.39 is 11.6 Å². The molecular formula is C18H17F2N. The van der Waals surface area contributed by atoms with Crippen molar-refractivity contribution in [3.63, 3.8) is 0 Å². The average Bonchev–Trinajstić information content (AvgIpc) is 2.86. The summed E-state index contributed by atoms with van der Waals surface area (Å²) in [5, 5.41) is 0.957. The highest BCUT2D eigenvalue weighted by atomic mass is 19.1. The van der Waals surface area contributed by atoms with Crippen LogP contribution in [0.2, 0.25) is 0 Å². The Bertz CT molecular complexity index is 774. The van der Waals surface area contributed by atoms with Crippen molar-refractivity contribution in [3.05, 3.63) is 60.3 Å². The largest absolute Gasteiger partial charge is 0.347 e. The van der Waals surface area contributed by atoms with Crippen molar-refractivity contribution >= 4 is 10.9 Å². The van der Waals surface area contributed by atoms with E-state index in [0.717, 1.165) is 41.9 Å². The zero-order valence-corrected chi connectivity index (χ0v) is 11.9. The van der Waals surface area contributed by atoms with Gasteiger partial charge in [-0.05, 0) is 30.7 Å². The fraction of sp³-hybridized carbons (Fsp3) is 0.222. The Morgan fingerprint density at radius 2 is 1.81 bits per heavy atom. The molecule has 3 aromatic rings. The summed E-state index contributed by atoms with van der Waals surface area (Å²) < 4.78 is 29.7. The van der Waals surface area contributed by atoms with Gasteiger partial charge in [-0.15, -0.1) is 0 Å². The first-order valence-corrected chi connectivity index (χ1v) is 7.24. The van der Waals surface area contributed by atoms with Crippen molar-refractivity contribution in [1.29, 1.82) is 0 Å². The lowest BCUT2D eigenvalue weighted by molar-refractivity contribution is 0.603. The van der Waals surface area contributed by atoms with E-state index >= 15 is 0 Å². The summed E-state index contributed by atoms with van der Waals surface area (Å²) >= 11 is 0. The second-order valence-electron chi connectivity index (χ2n) is 5.23. The normalized spacial score (nSPS) is 11.2. The van der Waals surface area contributed by atoms with Crippen LogP contribution >= 0.6 is 0 Å². The van der Waals surface area contributed by atoms with Gasteiger partial charge < -0.3 is 4.57 Å². The van der Waals surface area contributed by atoms with Gasteiger partial charge in [0, 0.05) is 34.8 Å². The van der Waals surface area contributed by atoms with Crippen LogP contribution in [-0.4, -0.2) is 4.57 Å². The molecule has 0 saturated carbocycles. The topological polar surface area (TPSA) is 4.93 Å². The molecule has 0 bridgehead atoms. The minimum atomic E-state index is -0.420. The molecule has 0 aliphatic rings. The number of hydrogen-bond donors (Lipinski definition) is 0. The maximum absolute atomic E-state index is 14.1. The van der Waals surface area contributed by atoms with Crippen LogP contribution in [0.25, 0.3) is 22.0 Å². The zero-order chi connectivity index (χ0) is 14.8. The molecule has 0 amide bonds. The van der Waals surface area contributed by atoms with Crippen LogP contribution in [0.3, 0.4) is 0 Å². The molecular weight excluding hydrogens is 268 g/mol. The Morgan fingerprint density at radius 3 is 2.62 bits per heavy atom. The molecule has 0 aliphatic carbocycles. The molecule has 1 nitrogen and oxygen atoms in total. The van der Waals surface area contributed by atoms with Crippen LogP contribution in [0.15, 0.2) is 48.7 Å². The molecule has 1 heterocycles. The Kier molecular flexibility index (Phi) is 3.74. The Labute approximate surface area is 122 Å². The van der Waals surface area contributed by atoms with Gasteiger partial charge in [-0.2, -0.15) is 0 Å². The van der Waals surface area contributed by atoms with E-state index in [2.05, 4.69) is 11.5 Å². The molecule has 108 valence electrons. The summed E-state index contributed by atoms with van der Waals surface area (Å²) in [6.07, 6.45) is 4.08. The van der Waals surface area contributed by atoms with E-state index in [1.807, 2.05) is 30.5 Å². The van der Waals surface area contributed by atoms with Gasteiger partial charge in [0.05, 0.1) is 0 Å². The first-order chi connectivity index (χ1) is 10.2. The summed E-state index contributed by atoms with van der Waals surface area (Å²) in [6, 6.07) is 11.5. The van der Waals surface area contributed by atoms with E-state index in [0.29, 0.717) is 5.56 Å². The maximum atomic E-state index is 14.1. The molecule has 3 heteroatoms. The van der Waals surface area contributed by atoms with Gasteiger partial charge >= 0.3 is 0 Å². The van der Waals surface area contributed by atoms with Crippen LogP contribution in [0.1, 0.15) is 19.8 Å². The molecule has 0 radical (unpaired) electrons. The van der Waals surface area contributed by atoms with Crippen LogP contribution in [0, 0.1) is 11.6 Å². The number of hydrogen-bond acceptors (Lipinski definition) is 0. The van der Waals surface area contributed by atoms with Gasteiger partial charge in [0.15, 0.2) is 0 Å². The molecule has 1 aromatic heterocycles. The van der Waals surface area contributed by atoms with E-state index in [1.165, 1.54) is 12.1 Å². The molecule has 2 aromatic carbocycles. The smallest absolute Gasteiger partial charge is 0.131 e. The maximum Gasteiger partial charge on any atom is 0.131 e. The highest BCUT2D eigenvalue weighted by molar-refractivity contribution is 5.96. The number of nitrogens with zero attached hydrogens (tertiary/aromatic N) is 1. The lowest BCUT2D eigenvalue weighted by Gasteiger charge is -2.02. The van der Waals surface area contributed by atoms with Crippen LogP contribution < -0.4 is 0 Å². The van der Waals surface area contributed by atoms with E-state index in [9.17, 15) is 8.78 Å². The number of rotatable bonds is 4. The van der Waals surface area contributed by atoms with E-state index in [1.54, 1.807) is 0 Å². The second kappa shape index (κ2) is 5.68. The van der Waals surface area contributed by atoms with Crippen molar-refractivity contribution in [3.8, 4) is 11.1 Å². The van der Waals surface area contributed by atoms with Crippen molar-refractivity contribution in [2.45, 2.75) is 26.3 Å². The number of unbranched alkanes of at least 4 members (excludes halogenated alkanes) is 1. The Hall–Kier alpha value is -2.16. The van der Waals surface area contributed by atoms with Crippen molar-refractivity contribution < 1.29 is 8.78 Å². The van der Waals surface area contributed by atoms with Crippen molar-refractivity contribution in [2.24, 2.45) is 0 Å². The van der Waals surface area contributed by atoms with E-state index in [-0.39, 0.29) is 0 Å². The van der Waals surface area contributed by atoms with Gasteiger partial charge in [0.25, 0.3) is 0 Å². The highest BCUT2D eigenvalue weighted by Crippen LogP contribution is 2.32. The molecule has 0 atom stereocenters. The first-order valence-electron chi connectivity index (χ1n) is 7.24. The predicted molar refractivity (Wildman–Crippen MR) is 82.2 cm³/mol. The molecule has 0 spiro atoms. The Morgan fingerprint density at radius 1 is 1.00 bits per heavy atom. The molecule has 21 heavy (non-hydrogen) atoms. The van der Waals surface area contributed by atoms with Crippen LogP contribution in [0.5, 0.6) is 0 Å². The van der Waals surface area contributed by atoms with Gasteiger partial charge in [-0.25, -0.2) is 8.78 Å². The second-order valence-corrected chi connectivity index (χ2v) is 5.23. The molecule has 0 saturated heterocycles. The fourth-order valence-electron chi connectivity index (χ4n) is 2.68. The molecule has 0 N–H and O–H groups in total. The molecule has 0 aliphatic heterocycles. The minimum Gasteiger partial charge on any atom is -0.347 e. The molecule has 0 unspecified atom stereocenters. The predicted octanol–water partition coefficient (Wildman–Crippen LogP) is 5.39. The van der Waals surface area contributed by atoms with Gasteiger partial charge in [0.2, 0.25) is 0 Å². The number of fused-ring (bicyclic) bond motifs is 1. The number of para-hydroxylation sites is 1. The lowest BCUT2D eigenvalue weighted by Crippen LogP contribution is -1.94. The van der Waals surface area contributed by atoms with Crippen molar-refractivity contribution in [2.75, 3.05) is 0 Å². The number of aromatic nitrogens is 1. The quantitative estimate of drug-likeness (QED) is 0.606. The van der Waals surface area contributed by atoms with Crippen molar-refractivity contribution in [1.82, 2.24) is 4.57 Å². The lowest BCUT2D eigenvalue weighted by atomic mass is 10.0.